The number of aliphatic hydroxyl groups excluding tert-OH is 2. The summed E-state index contributed by atoms with van der Waals surface area (Å²) in [7, 11) is -3.53. The van der Waals surface area contributed by atoms with E-state index in [1.807, 2.05) is 84.6 Å². The first-order chi connectivity index (χ1) is 23.1. The fourth-order valence-electron chi connectivity index (χ4n) is 6.19. The minimum absolute atomic E-state index is 0.0993. The van der Waals surface area contributed by atoms with E-state index in [0.29, 0.717) is 39.1 Å². The van der Waals surface area contributed by atoms with Gasteiger partial charge in [-0.25, -0.2) is 8.42 Å². The number of benzene rings is 3. The monoisotopic (exact) mass is 681 g/mol. The number of rotatable bonds is 18. The first kappa shape index (κ1) is 37.5. The number of aliphatic hydroxyl groups is 2. The fraction of sp³-hybridized carbons (Fsp3) is 0.514. The number of hydrogen-bond donors (Lipinski definition) is 4. The molecule has 4 N–H and O–H groups in total. The van der Waals surface area contributed by atoms with Crippen LogP contribution in [0, 0.1) is 5.92 Å². The van der Waals surface area contributed by atoms with E-state index in [9.17, 15) is 28.2 Å². The van der Waals surface area contributed by atoms with Crippen LogP contribution in [0.1, 0.15) is 44.2 Å². The van der Waals surface area contributed by atoms with E-state index < -0.39 is 51.9 Å². The summed E-state index contributed by atoms with van der Waals surface area (Å²) in [4.78, 5) is 29.9. The lowest BCUT2D eigenvalue weighted by atomic mass is 9.94. The Hall–Kier alpha value is -3.35. The van der Waals surface area contributed by atoms with Gasteiger partial charge in [-0.05, 0) is 41.2 Å². The van der Waals surface area contributed by atoms with Crippen molar-refractivity contribution in [3.8, 4) is 0 Å². The number of β-amino-alcohol motifs (C(OH)–C–C–N with tert-alkyl or cyclic N) is 1. The van der Waals surface area contributed by atoms with Gasteiger partial charge in [-0.3, -0.25) is 14.5 Å². The van der Waals surface area contributed by atoms with Gasteiger partial charge in [0.2, 0.25) is 11.8 Å². The third-order valence-electron chi connectivity index (χ3n) is 9.07. The number of nitrogens with zero attached hydrogens (tertiary/aromatic N) is 1. The second kappa shape index (κ2) is 18.4. The Labute approximate surface area is 284 Å². The van der Waals surface area contributed by atoms with Crippen molar-refractivity contribution in [2.45, 2.75) is 70.2 Å². The highest BCUT2D eigenvalue weighted by atomic mass is 32.2. The van der Waals surface area contributed by atoms with E-state index in [-0.39, 0.29) is 30.9 Å². The van der Waals surface area contributed by atoms with Crippen molar-refractivity contribution in [3.63, 3.8) is 0 Å². The first-order valence-electron chi connectivity index (χ1n) is 17.1. The number of morpholine rings is 1. The van der Waals surface area contributed by atoms with Gasteiger partial charge in [-0.1, -0.05) is 99.5 Å². The molecule has 0 spiro atoms. The third-order valence-corrected chi connectivity index (χ3v) is 10.9. The van der Waals surface area contributed by atoms with E-state index in [4.69, 9.17) is 4.74 Å². The van der Waals surface area contributed by atoms with E-state index in [0.717, 1.165) is 28.3 Å². The van der Waals surface area contributed by atoms with Crippen LogP contribution < -0.4 is 10.6 Å². The average molecular weight is 682 g/mol. The molecular weight excluding hydrogens is 630 g/mol. The molecule has 3 aromatic rings. The number of fused-ring (bicyclic) bond motifs is 1. The van der Waals surface area contributed by atoms with Gasteiger partial charge < -0.3 is 25.6 Å². The molecule has 0 unspecified atom stereocenters. The Morgan fingerprint density at radius 3 is 2.27 bits per heavy atom. The molecule has 11 heteroatoms. The van der Waals surface area contributed by atoms with Crippen LogP contribution in [0.25, 0.3) is 10.8 Å². The van der Waals surface area contributed by atoms with Crippen LogP contribution in [0.2, 0.25) is 0 Å². The average Bonchev–Trinajstić information content (AvgIpc) is 3.10. The summed E-state index contributed by atoms with van der Waals surface area (Å²) in [6.07, 6.45) is -0.208. The number of nitrogens with one attached hydrogen (secondary N) is 2. The molecule has 0 aliphatic carbocycles. The van der Waals surface area contributed by atoms with Crippen LogP contribution in [-0.2, 0) is 37.0 Å². The topological polar surface area (TPSA) is 145 Å². The lowest BCUT2D eigenvalue weighted by molar-refractivity contribution is -0.132. The molecule has 2 amide bonds. The Bertz CT molecular complexity index is 1560. The second-order valence-corrected chi connectivity index (χ2v) is 15.1. The number of carbonyl (C=O) groups excluding carboxylic acids is 2. The lowest BCUT2D eigenvalue weighted by Crippen LogP contribution is -2.57. The molecule has 1 aliphatic heterocycles. The lowest BCUT2D eigenvalue weighted by Gasteiger charge is -2.34. The van der Waals surface area contributed by atoms with Gasteiger partial charge in [0.15, 0.2) is 9.84 Å². The standard InChI is InChI=1S/C37H51N3O7S/c1-3-5-18-32(38-36(43)30(26-48(45,46)4-2)24-29-16-11-15-28-14-9-10-17-31(28)29)37(44)39-33(23-27-12-7-6-8-13-27)35(42)34(41)25-40-19-21-47-22-20-40/h6-17,30,32-35,41-42H,3-5,18-26H2,1-2H3,(H,38,43)(H,39,44)/t30-,32+,33+,34-,35-/m1/s1. The molecule has 0 saturated carbocycles. The summed E-state index contributed by atoms with van der Waals surface area (Å²) in [5.74, 6) is -2.36. The van der Waals surface area contributed by atoms with Gasteiger partial charge in [0, 0.05) is 25.4 Å². The van der Waals surface area contributed by atoms with Crippen molar-refractivity contribution >= 4 is 32.4 Å². The molecule has 0 bridgehead atoms. The smallest absolute Gasteiger partial charge is 0.242 e. The molecule has 3 aromatic carbocycles. The Morgan fingerprint density at radius 2 is 1.56 bits per heavy atom. The predicted octanol–water partition coefficient (Wildman–Crippen LogP) is 2.89. The quantitative estimate of drug-likeness (QED) is 0.161. The van der Waals surface area contributed by atoms with Gasteiger partial charge in [0.25, 0.3) is 0 Å². The minimum atomic E-state index is -3.53. The van der Waals surface area contributed by atoms with E-state index in [1.165, 1.54) is 0 Å². The highest BCUT2D eigenvalue weighted by molar-refractivity contribution is 7.91. The Balaban J connectivity index is 1.55. The van der Waals surface area contributed by atoms with Gasteiger partial charge in [0.1, 0.15) is 12.1 Å². The minimum Gasteiger partial charge on any atom is -0.389 e. The third kappa shape index (κ3) is 11.1. The van der Waals surface area contributed by atoms with Crippen LogP contribution >= 0.6 is 0 Å². The molecule has 1 aliphatic rings. The van der Waals surface area contributed by atoms with Crippen LogP contribution in [-0.4, -0.2) is 104 Å². The van der Waals surface area contributed by atoms with Crippen LogP contribution in [0.4, 0.5) is 0 Å². The van der Waals surface area contributed by atoms with Crippen molar-refractivity contribution in [1.29, 1.82) is 0 Å². The zero-order chi connectivity index (χ0) is 34.5. The number of hydrogen-bond acceptors (Lipinski definition) is 8. The van der Waals surface area contributed by atoms with Crippen molar-refractivity contribution in [3.05, 3.63) is 83.9 Å². The number of ether oxygens (including phenoxy) is 1. The van der Waals surface area contributed by atoms with E-state index in [2.05, 4.69) is 10.6 Å². The zero-order valence-corrected chi connectivity index (χ0v) is 28.9. The molecule has 48 heavy (non-hydrogen) atoms. The van der Waals surface area contributed by atoms with Gasteiger partial charge >= 0.3 is 0 Å². The first-order valence-corrected chi connectivity index (χ1v) is 18.9. The van der Waals surface area contributed by atoms with Crippen LogP contribution in [0.5, 0.6) is 0 Å². The van der Waals surface area contributed by atoms with E-state index in [1.54, 1.807) is 6.92 Å². The molecule has 4 rings (SSSR count). The maximum absolute atomic E-state index is 13.9. The van der Waals surface area contributed by atoms with E-state index >= 15 is 0 Å². The Kier molecular flexibility index (Phi) is 14.4. The summed E-state index contributed by atoms with van der Waals surface area (Å²) < 4.78 is 31.1. The summed E-state index contributed by atoms with van der Waals surface area (Å²) >= 11 is 0. The number of sulfone groups is 1. The van der Waals surface area contributed by atoms with Crippen molar-refractivity contribution in [1.82, 2.24) is 15.5 Å². The molecule has 0 aromatic heterocycles. The number of carbonyl (C=O) groups is 2. The molecular formula is C37H51N3O7S. The largest absolute Gasteiger partial charge is 0.389 e. The van der Waals surface area contributed by atoms with Crippen molar-refractivity contribution in [2.24, 2.45) is 5.92 Å². The summed E-state index contributed by atoms with van der Waals surface area (Å²) in [6, 6.07) is 21.1. The highest BCUT2D eigenvalue weighted by Gasteiger charge is 2.34. The number of amides is 2. The molecule has 262 valence electrons. The highest BCUT2D eigenvalue weighted by Crippen LogP contribution is 2.23. The molecule has 5 atom stereocenters. The van der Waals surface area contributed by atoms with Gasteiger partial charge in [0.05, 0.1) is 37.0 Å². The molecule has 1 fully saturated rings. The van der Waals surface area contributed by atoms with Crippen LogP contribution in [0.3, 0.4) is 0 Å². The SMILES string of the molecule is CCCC[C@H](NC(=O)[C@H](Cc1cccc2ccccc12)CS(=O)(=O)CC)C(=O)N[C@@H](Cc1ccccc1)[C@@H](O)[C@H](O)CN1CCOCC1. The summed E-state index contributed by atoms with van der Waals surface area (Å²) in [6.45, 7) is 6.14. The maximum atomic E-state index is 13.9. The molecule has 0 radical (unpaired) electrons. The zero-order valence-electron chi connectivity index (χ0n) is 28.1. The predicted molar refractivity (Wildman–Crippen MR) is 188 cm³/mol. The van der Waals surface area contributed by atoms with Crippen LogP contribution in [0.15, 0.2) is 72.8 Å². The molecule has 1 heterocycles. The number of unbranched alkanes of at least 4 members (excludes halogenated alkanes) is 1. The van der Waals surface area contributed by atoms with Crippen molar-refractivity contribution in [2.75, 3.05) is 44.4 Å². The van der Waals surface area contributed by atoms with Gasteiger partial charge in [-0.2, -0.15) is 0 Å². The summed E-state index contributed by atoms with van der Waals surface area (Å²) in [5, 5.41) is 30.2. The van der Waals surface area contributed by atoms with Crippen molar-refractivity contribution < 1.29 is 33.0 Å². The fourth-order valence-corrected chi connectivity index (χ4v) is 7.31. The summed E-state index contributed by atoms with van der Waals surface area (Å²) in [5.41, 5.74) is 1.73. The molecule has 10 nitrogen and oxygen atoms in total. The normalized spacial score (nSPS) is 17.2. The maximum Gasteiger partial charge on any atom is 0.242 e. The van der Waals surface area contributed by atoms with Gasteiger partial charge in [-0.15, -0.1) is 0 Å². The second-order valence-electron chi connectivity index (χ2n) is 12.7. The molecule has 1 saturated heterocycles. The Morgan fingerprint density at radius 1 is 0.875 bits per heavy atom.